The number of carbonyl (C=O) groups excluding carboxylic acids is 1. The van der Waals surface area contributed by atoms with E-state index in [-0.39, 0.29) is 17.2 Å². The number of amides is 1. The summed E-state index contributed by atoms with van der Waals surface area (Å²) in [6.45, 7) is 7.04. The molecule has 0 saturated carbocycles. The predicted molar refractivity (Wildman–Crippen MR) is 118 cm³/mol. The number of thioether (sulfide) groups is 1. The first-order chi connectivity index (χ1) is 14.3. The maximum atomic E-state index is 12.4. The molecule has 0 aliphatic heterocycles. The van der Waals surface area contributed by atoms with Gasteiger partial charge in [-0.2, -0.15) is 0 Å². The number of carboxylic acids is 1. The van der Waals surface area contributed by atoms with Gasteiger partial charge in [0.2, 0.25) is 5.91 Å². The van der Waals surface area contributed by atoms with Gasteiger partial charge in [-0.25, -0.2) is 4.79 Å². The lowest BCUT2D eigenvalue weighted by Crippen LogP contribution is -2.15. The molecule has 2 aromatic carbocycles. The smallest absolute Gasteiger partial charge is 0.335 e. The first-order valence-electron chi connectivity index (χ1n) is 9.59. The normalized spacial score (nSPS) is 10.9. The molecular weight excluding hydrogens is 400 g/mol. The number of aryl methyl sites for hydroxylation is 1. The second-order valence-corrected chi connectivity index (χ2v) is 8.34. The van der Waals surface area contributed by atoms with Crippen LogP contribution in [-0.4, -0.2) is 37.5 Å². The number of hydrogen-bond donors (Lipinski definition) is 2. The molecule has 0 fully saturated rings. The summed E-state index contributed by atoms with van der Waals surface area (Å²) >= 11 is 1.33. The summed E-state index contributed by atoms with van der Waals surface area (Å²) in [6.07, 6.45) is 0. The summed E-state index contributed by atoms with van der Waals surface area (Å²) in [7, 11) is 0. The van der Waals surface area contributed by atoms with Crippen LogP contribution in [0.2, 0.25) is 0 Å². The number of carbonyl (C=O) groups is 2. The van der Waals surface area contributed by atoms with E-state index in [9.17, 15) is 9.59 Å². The standard InChI is InChI=1S/C22H24N4O3S/c1-14(2)12-26-20(17-6-4-5-15(3)11-17)24-25-22(26)30-13-19(27)23-18-9-7-16(8-10-18)21(28)29/h4-11,14H,12-13H2,1-3H3,(H,23,27)(H,28,29). The summed E-state index contributed by atoms with van der Waals surface area (Å²) in [5.41, 5.74) is 2.87. The summed E-state index contributed by atoms with van der Waals surface area (Å²) in [5, 5.41) is 21.1. The van der Waals surface area contributed by atoms with E-state index in [1.165, 1.54) is 23.9 Å². The van der Waals surface area contributed by atoms with E-state index in [2.05, 4.69) is 40.0 Å². The third kappa shape index (κ3) is 5.48. The van der Waals surface area contributed by atoms with Crippen molar-refractivity contribution in [3.8, 4) is 11.4 Å². The van der Waals surface area contributed by atoms with Crippen molar-refractivity contribution in [2.75, 3.05) is 11.1 Å². The molecule has 8 heteroatoms. The van der Waals surface area contributed by atoms with Crippen LogP contribution in [0.3, 0.4) is 0 Å². The van der Waals surface area contributed by atoms with Gasteiger partial charge in [0.05, 0.1) is 11.3 Å². The van der Waals surface area contributed by atoms with Gasteiger partial charge in [0, 0.05) is 17.8 Å². The van der Waals surface area contributed by atoms with Gasteiger partial charge in [-0.1, -0.05) is 49.4 Å². The van der Waals surface area contributed by atoms with Crippen molar-refractivity contribution in [2.24, 2.45) is 5.92 Å². The monoisotopic (exact) mass is 424 g/mol. The number of benzene rings is 2. The van der Waals surface area contributed by atoms with Crippen molar-refractivity contribution in [3.63, 3.8) is 0 Å². The van der Waals surface area contributed by atoms with E-state index in [1.54, 1.807) is 12.1 Å². The fraction of sp³-hybridized carbons (Fsp3) is 0.273. The number of aromatic nitrogens is 3. The summed E-state index contributed by atoms with van der Waals surface area (Å²) < 4.78 is 2.05. The lowest BCUT2D eigenvalue weighted by molar-refractivity contribution is -0.113. The van der Waals surface area contributed by atoms with Crippen LogP contribution < -0.4 is 5.32 Å². The van der Waals surface area contributed by atoms with Gasteiger partial charge in [0.15, 0.2) is 11.0 Å². The minimum absolute atomic E-state index is 0.171. The Morgan fingerprint density at radius 1 is 1.13 bits per heavy atom. The van der Waals surface area contributed by atoms with E-state index in [0.29, 0.717) is 16.8 Å². The number of nitrogens with one attached hydrogen (secondary N) is 1. The van der Waals surface area contributed by atoms with Crippen molar-refractivity contribution < 1.29 is 14.7 Å². The molecule has 3 aromatic rings. The highest BCUT2D eigenvalue weighted by atomic mass is 32.2. The molecular formula is C22H24N4O3S. The minimum atomic E-state index is -1.00. The van der Waals surface area contributed by atoms with Crippen molar-refractivity contribution >= 4 is 29.3 Å². The van der Waals surface area contributed by atoms with Gasteiger partial charge < -0.3 is 15.0 Å². The van der Waals surface area contributed by atoms with Gasteiger partial charge in [-0.3, -0.25) is 4.79 Å². The molecule has 0 unspecified atom stereocenters. The molecule has 0 aliphatic rings. The average molecular weight is 425 g/mol. The van der Waals surface area contributed by atoms with Crippen LogP contribution in [0.5, 0.6) is 0 Å². The lowest BCUT2D eigenvalue weighted by atomic mass is 10.1. The van der Waals surface area contributed by atoms with Crippen LogP contribution in [0.4, 0.5) is 5.69 Å². The van der Waals surface area contributed by atoms with Gasteiger partial charge >= 0.3 is 5.97 Å². The first kappa shape index (κ1) is 21.6. The molecule has 0 atom stereocenters. The molecule has 1 aromatic heterocycles. The Balaban J connectivity index is 1.71. The fourth-order valence-electron chi connectivity index (χ4n) is 2.95. The Kier molecular flexibility index (Phi) is 6.89. The lowest BCUT2D eigenvalue weighted by Gasteiger charge is -2.13. The van der Waals surface area contributed by atoms with Crippen molar-refractivity contribution in [1.82, 2.24) is 14.8 Å². The van der Waals surface area contributed by atoms with Crippen molar-refractivity contribution in [1.29, 1.82) is 0 Å². The molecule has 0 aliphatic carbocycles. The zero-order valence-electron chi connectivity index (χ0n) is 17.1. The van der Waals surface area contributed by atoms with Crippen LogP contribution in [0.1, 0.15) is 29.8 Å². The first-order valence-corrected chi connectivity index (χ1v) is 10.6. The minimum Gasteiger partial charge on any atom is -0.478 e. The van der Waals surface area contributed by atoms with Crippen LogP contribution >= 0.6 is 11.8 Å². The van der Waals surface area contributed by atoms with Crippen LogP contribution in [0.25, 0.3) is 11.4 Å². The number of aromatic carboxylic acids is 1. The van der Waals surface area contributed by atoms with Gasteiger partial charge in [-0.05, 0) is 43.2 Å². The zero-order chi connectivity index (χ0) is 21.7. The second-order valence-electron chi connectivity index (χ2n) is 7.40. The number of anilines is 1. The van der Waals surface area contributed by atoms with Crippen molar-refractivity contribution in [3.05, 3.63) is 59.7 Å². The van der Waals surface area contributed by atoms with Crippen LogP contribution in [-0.2, 0) is 11.3 Å². The zero-order valence-corrected chi connectivity index (χ0v) is 17.9. The molecule has 0 spiro atoms. The maximum absolute atomic E-state index is 12.4. The largest absolute Gasteiger partial charge is 0.478 e. The van der Waals surface area contributed by atoms with Crippen molar-refractivity contribution in [2.45, 2.75) is 32.5 Å². The third-order valence-electron chi connectivity index (χ3n) is 4.29. The topological polar surface area (TPSA) is 97.1 Å². The number of carboxylic acid groups (broad SMARTS) is 1. The average Bonchev–Trinajstić information content (AvgIpc) is 3.08. The SMILES string of the molecule is Cc1cccc(-c2nnc(SCC(=O)Nc3ccc(C(=O)O)cc3)n2CC(C)C)c1. The predicted octanol–water partition coefficient (Wildman–Crippen LogP) is 4.34. The molecule has 30 heavy (non-hydrogen) atoms. The van der Waals surface area contributed by atoms with Crippen LogP contribution in [0.15, 0.2) is 53.7 Å². The van der Waals surface area contributed by atoms with Gasteiger partial charge in [0.25, 0.3) is 0 Å². The Hall–Kier alpha value is -3.13. The fourth-order valence-corrected chi connectivity index (χ4v) is 3.69. The van der Waals surface area contributed by atoms with E-state index < -0.39 is 5.97 Å². The van der Waals surface area contributed by atoms with Gasteiger partial charge in [0.1, 0.15) is 0 Å². The molecule has 0 saturated heterocycles. The molecule has 7 nitrogen and oxygen atoms in total. The van der Waals surface area contributed by atoms with Crippen LogP contribution in [0, 0.1) is 12.8 Å². The molecule has 1 amide bonds. The highest BCUT2D eigenvalue weighted by Gasteiger charge is 2.17. The third-order valence-corrected chi connectivity index (χ3v) is 5.26. The highest BCUT2D eigenvalue weighted by molar-refractivity contribution is 7.99. The summed E-state index contributed by atoms with van der Waals surface area (Å²) in [6, 6.07) is 14.2. The number of hydrogen-bond acceptors (Lipinski definition) is 5. The number of nitrogens with zero attached hydrogens (tertiary/aromatic N) is 3. The molecule has 0 bridgehead atoms. The molecule has 156 valence electrons. The molecule has 3 rings (SSSR count). The van der Waals surface area contributed by atoms with Gasteiger partial charge in [-0.15, -0.1) is 10.2 Å². The molecule has 0 radical (unpaired) electrons. The second kappa shape index (κ2) is 9.58. The van der Waals surface area contributed by atoms with E-state index in [4.69, 9.17) is 5.11 Å². The molecule has 1 heterocycles. The van der Waals surface area contributed by atoms with E-state index >= 15 is 0 Å². The Morgan fingerprint density at radius 3 is 2.50 bits per heavy atom. The van der Waals surface area contributed by atoms with E-state index in [0.717, 1.165) is 23.5 Å². The van der Waals surface area contributed by atoms with E-state index in [1.807, 2.05) is 25.1 Å². The number of rotatable bonds is 8. The Bertz CT molecular complexity index is 1040. The maximum Gasteiger partial charge on any atom is 0.335 e. The summed E-state index contributed by atoms with van der Waals surface area (Å²) in [5.74, 6) is 0.159. The quantitative estimate of drug-likeness (QED) is 0.522. The summed E-state index contributed by atoms with van der Waals surface area (Å²) in [4.78, 5) is 23.3. The highest BCUT2D eigenvalue weighted by Crippen LogP contribution is 2.26. The molecule has 2 N–H and O–H groups in total. The Labute approximate surface area is 179 Å². The Morgan fingerprint density at radius 2 is 1.87 bits per heavy atom.